The number of carbonyl (C=O) groups excluding carboxylic acids is 2. The standard InChI is InChI=1S/C24H24ClN3O4S/c1-16(19-9-6-10-21(13-19)28-17(2)29)27-24(30)20-11-12-22(25)23(14-20)33(31,32)26-15-18-7-4-3-5-8-18/h3-14,16,26H,15H2,1-2H3,(H,27,30)(H,28,29)/t16-/m1/s1. The summed E-state index contributed by atoms with van der Waals surface area (Å²) in [5, 5.41) is 5.56. The Balaban J connectivity index is 1.75. The second-order valence-corrected chi connectivity index (χ2v) is 9.60. The van der Waals surface area contributed by atoms with Crippen LogP contribution in [0.1, 0.15) is 41.4 Å². The van der Waals surface area contributed by atoms with Gasteiger partial charge in [-0.15, -0.1) is 0 Å². The highest BCUT2D eigenvalue weighted by molar-refractivity contribution is 7.89. The van der Waals surface area contributed by atoms with Crippen LogP contribution in [0.3, 0.4) is 0 Å². The number of sulfonamides is 1. The Morgan fingerprint density at radius 3 is 2.39 bits per heavy atom. The van der Waals surface area contributed by atoms with Crippen LogP contribution in [0.4, 0.5) is 5.69 Å². The second kappa shape index (κ2) is 10.6. The van der Waals surface area contributed by atoms with E-state index in [0.717, 1.165) is 11.1 Å². The summed E-state index contributed by atoms with van der Waals surface area (Å²) in [5.41, 5.74) is 2.34. The van der Waals surface area contributed by atoms with Gasteiger partial charge in [-0.2, -0.15) is 0 Å². The zero-order valence-corrected chi connectivity index (χ0v) is 19.7. The van der Waals surface area contributed by atoms with Crippen LogP contribution in [0, 0.1) is 0 Å². The SMILES string of the molecule is CC(=O)Nc1cccc([C@@H](C)NC(=O)c2ccc(Cl)c(S(=O)(=O)NCc3ccccc3)c2)c1. The fourth-order valence-corrected chi connectivity index (χ4v) is 4.70. The summed E-state index contributed by atoms with van der Waals surface area (Å²) in [6.07, 6.45) is 0. The topological polar surface area (TPSA) is 104 Å². The Hall–Kier alpha value is -3.20. The summed E-state index contributed by atoms with van der Waals surface area (Å²) in [6.45, 7) is 3.30. The summed E-state index contributed by atoms with van der Waals surface area (Å²) < 4.78 is 28.1. The highest BCUT2D eigenvalue weighted by Gasteiger charge is 2.21. The van der Waals surface area contributed by atoms with Crippen LogP contribution in [0.5, 0.6) is 0 Å². The number of anilines is 1. The van der Waals surface area contributed by atoms with E-state index in [1.165, 1.54) is 25.1 Å². The molecular formula is C24H24ClN3O4S. The third-order valence-electron chi connectivity index (χ3n) is 4.85. The minimum absolute atomic E-state index is 0.0168. The lowest BCUT2D eigenvalue weighted by Crippen LogP contribution is -2.28. The first-order chi connectivity index (χ1) is 15.7. The number of hydrogen-bond donors (Lipinski definition) is 3. The molecule has 0 fully saturated rings. The first-order valence-corrected chi connectivity index (χ1v) is 12.0. The van der Waals surface area contributed by atoms with Gasteiger partial charge < -0.3 is 10.6 Å². The maximum atomic E-state index is 12.8. The number of amides is 2. The van der Waals surface area contributed by atoms with E-state index >= 15 is 0 Å². The zero-order valence-electron chi connectivity index (χ0n) is 18.1. The minimum Gasteiger partial charge on any atom is -0.346 e. The molecule has 3 aromatic carbocycles. The van der Waals surface area contributed by atoms with Crippen LogP contribution in [0.15, 0.2) is 77.7 Å². The molecule has 1 atom stereocenters. The average molecular weight is 486 g/mol. The van der Waals surface area contributed by atoms with E-state index in [0.29, 0.717) is 5.69 Å². The van der Waals surface area contributed by atoms with Gasteiger partial charge in [0.15, 0.2) is 0 Å². The molecule has 0 aliphatic carbocycles. The molecular weight excluding hydrogens is 462 g/mol. The van der Waals surface area contributed by atoms with Crippen LogP contribution in [0.2, 0.25) is 5.02 Å². The smallest absolute Gasteiger partial charge is 0.251 e. The van der Waals surface area contributed by atoms with Crippen LogP contribution in [-0.2, 0) is 21.4 Å². The average Bonchev–Trinajstić information content (AvgIpc) is 2.78. The Kier molecular flexibility index (Phi) is 7.86. The van der Waals surface area contributed by atoms with Gasteiger partial charge in [0.25, 0.3) is 5.91 Å². The summed E-state index contributed by atoms with van der Waals surface area (Å²) in [6, 6.07) is 19.9. The van der Waals surface area contributed by atoms with E-state index in [4.69, 9.17) is 11.6 Å². The maximum absolute atomic E-state index is 12.8. The molecule has 0 spiro atoms. The van der Waals surface area contributed by atoms with Gasteiger partial charge in [-0.25, -0.2) is 13.1 Å². The van der Waals surface area contributed by atoms with Gasteiger partial charge in [0, 0.05) is 24.7 Å². The van der Waals surface area contributed by atoms with Gasteiger partial charge in [0.2, 0.25) is 15.9 Å². The predicted molar refractivity (Wildman–Crippen MR) is 129 cm³/mol. The Morgan fingerprint density at radius 1 is 0.970 bits per heavy atom. The molecule has 3 aromatic rings. The number of hydrogen-bond acceptors (Lipinski definition) is 4. The van der Waals surface area contributed by atoms with Crippen molar-refractivity contribution in [3.63, 3.8) is 0 Å². The number of nitrogens with one attached hydrogen (secondary N) is 3. The number of halogens is 1. The molecule has 0 aromatic heterocycles. The van der Waals surface area contributed by atoms with Crippen molar-refractivity contribution >= 4 is 39.1 Å². The molecule has 0 unspecified atom stereocenters. The van der Waals surface area contributed by atoms with Gasteiger partial charge in [0.05, 0.1) is 11.1 Å². The predicted octanol–water partition coefficient (Wildman–Crippen LogP) is 4.27. The van der Waals surface area contributed by atoms with E-state index in [1.54, 1.807) is 37.3 Å². The first-order valence-electron chi connectivity index (χ1n) is 10.2. The quantitative estimate of drug-likeness (QED) is 0.443. The molecule has 0 radical (unpaired) electrons. The summed E-state index contributed by atoms with van der Waals surface area (Å²) in [5.74, 6) is -0.650. The summed E-state index contributed by atoms with van der Waals surface area (Å²) in [4.78, 5) is 23.9. The van der Waals surface area contributed by atoms with Crippen molar-refractivity contribution in [1.82, 2.24) is 10.0 Å². The normalized spacial score (nSPS) is 12.1. The van der Waals surface area contributed by atoms with E-state index in [-0.39, 0.29) is 27.9 Å². The highest BCUT2D eigenvalue weighted by Crippen LogP contribution is 2.24. The molecule has 172 valence electrons. The molecule has 0 aliphatic rings. The molecule has 9 heteroatoms. The fourth-order valence-electron chi connectivity index (χ4n) is 3.15. The third kappa shape index (κ3) is 6.64. The van der Waals surface area contributed by atoms with Gasteiger partial charge in [-0.3, -0.25) is 9.59 Å². The van der Waals surface area contributed by atoms with Crippen molar-refractivity contribution < 1.29 is 18.0 Å². The lowest BCUT2D eigenvalue weighted by molar-refractivity contribution is -0.114. The third-order valence-corrected chi connectivity index (χ3v) is 6.73. The van der Waals surface area contributed by atoms with Gasteiger partial charge in [0.1, 0.15) is 4.90 Å². The van der Waals surface area contributed by atoms with Gasteiger partial charge in [-0.05, 0) is 48.4 Å². The Labute approximate surface area is 198 Å². The summed E-state index contributed by atoms with van der Waals surface area (Å²) in [7, 11) is -3.95. The van der Waals surface area contributed by atoms with Crippen molar-refractivity contribution in [2.45, 2.75) is 31.3 Å². The minimum atomic E-state index is -3.95. The molecule has 3 rings (SSSR count). The number of benzene rings is 3. The molecule has 33 heavy (non-hydrogen) atoms. The van der Waals surface area contributed by atoms with Crippen LogP contribution in [0.25, 0.3) is 0 Å². The monoisotopic (exact) mass is 485 g/mol. The van der Waals surface area contributed by atoms with Gasteiger partial charge in [-0.1, -0.05) is 54.1 Å². The van der Waals surface area contributed by atoms with Crippen molar-refractivity contribution in [1.29, 1.82) is 0 Å². The largest absolute Gasteiger partial charge is 0.346 e. The van der Waals surface area contributed by atoms with E-state index < -0.39 is 22.0 Å². The van der Waals surface area contributed by atoms with Crippen molar-refractivity contribution in [3.05, 3.63) is 94.5 Å². The molecule has 3 N–H and O–H groups in total. The van der Waals surface area contributed by atoms with Crippen LogP contribution >= 0.6 is 11.6 Å². The molecule has 0 heterocycles. The maximum Gasteiger partial charge on any atom is 0.251 e. The van der Waals surface area contributed by atoms with E-state index in [2.05, 4.69) is 15.4 Å². The molecule has 0 bridgehead atoms. The molecule has 2 amide bonds. The van der Waals surface area contributed by atoms with Crippen molar-refractivity contribution in [3.8, 4) is 0 Å². The van der Waals surface area contributed by atoms with Crippen molar-refractivity contribution in [2.24, 2.45) is 0 Å². The fraction of sp³-hybridized carbons (Fsp3) is 0.167. The molecule has 0 saturated heterocycles. The summed E-state index contributed by atoms with van der Waals surface area (Å²) >= 11 is 6.14. The second-order valence-electron chi connectivity index (χ2n) is 7.46. The van der Waals surface area contributed by atoms with Crippen LogP contribution < -0.4 is 15.4 Å². The first kappa shape index (κ1) is 24.4. The lowest BCUT2D eigenvalue weighted by Gasteiger charge is -2.16. The number of carbonyl (C=O) groups is 2. The Bertz CT molecular complexity index is 1260. The van der Waals surface area contributed by atoms with E-state index in [9.17, 15) is 18.0 Å². The molecule has 7 nitrogen and oxygen atoms in total. The molecule has 0 saturated carbocycles. The lowest BCUT2D eigenvalue weighted by atomic mass is 10.1. The Morgan fingerprint density at radius 2 is 1.70 bits per heavy atom. The van der Waals surface area contributed by atoms with Gasteiger partial charge >= 0.3 is 0 Å². The molecule has 0 aliphatic heterocycles. The zero-order chi connectivity index (χ0) is 24.0. The van der Waals surface area contributed by atoms with Crippen molar-refractivity contribution in [2.75, 3.05) is 5.32 Å². The highest BCUT2D eigenvalue weighted by atomic mass is 35.5. The van der Waals surface area contributed by atoms with Crippen LogP contribution in [-0.4, -0.2) is 20.2 Å². The number of rotatable bonds is 8. The van der Waals surface area contributed by atoms with E-state index in [1.807, 2.05) is 24.3 Å².